The molecule has 0 atom stereocenters. The lowest BCUT2D eigenvalue weighted by molar-refractivity contribution is 0.601. The third-order valence-electron chi connectivity index (χ3n) is 3.05. The van der Waals surface area contributed by atoms with E-state index < -0.39 is 10.0 Å². The molecule has 21 heavy (non-hydrogen) atoms. The van der Waals surface area contributed by atoms with Gasteiger partial charge in [0, 0.05) is 0 Å². The van der Waals surface area contributed by atoms with E-state index in [9.17, 15) is 8.42 Å². The highest BCUT2D eigenvalue weighted by Gasteiger charge is 2.16. The van der Waals surface area contributed by atoms with Crippen molar-refractivity contribution in [2.75, 3.05) is 4.72 Å². The molecule has 0 fully saturated rings. The van der Waals surface area contributed by atoms with E-state index in [0.717, 1.165) is 5.56 Å². The van der Waals surface area contributed by atoms with Gasteiger partial charge in [0.05, 0.1) is 20.6 Å². The first-order valence-corrected chi connectivity index (χ1v) is 8.62. The van der Waals surface area contributed by atoms with Crippen LogP contribution in [0, 0.1) is 0 Å². The zero-order valence-corrected chi connectivity index (χ0v) is 13.9. The summed E-state index contributed by atoms with van der Waals surface area (Å²) in [6.45, 7) is 4.10. The summed E-state index contributed by atoms with van der Waals surface area (Å²) < 4.78 is 27.1. The normalized spacial score (nSPS) is 11.7. The summed E-state index contributed by atoms with van der Waals surface area (Å²) in [5.41, 5.74) is 1.34. The predicted octanol–water partition coefficient (Wildman–Crippen LogP) is 4.92. The van der Waals surface area contributed by atoms with Crippen LogP contribution < -0.4 is 4.72 Å². The molecule has 0 saturated heterocycles. The van der Waals surface area contributed by atoms with E-state index in [-0.39, 0.29) is 15.6 Å². The summed E-state index contributed by atoms with van der Waals surface area (Å²) >= 11 is 11.9. The molecule has 0 aliphatic rings. The summed E-state index contributed by atoms with van der Waals surface area (Å²) in [4.78, 5) is 0.183. The van der Waals surface area contributed by atoms with Gasteiger partial charge in [-0.25, -0.2) is 8.42 Å². The molecule has 0 saturated carbocycles. The van der Waals surface area contributed by atoms with Crippen LogP contribution in [0.5, 0.6) is 0 Å². The molecule has 2 aromatic carbocycles. The Bertz CT molecular complexity index is 741. The van der Waals surface area contributed by atoms with E-state index in [0.29, 0.717) is 10.9 Å². The first-order chi connectivity index (χ1) is 9.81. The SMILES string of the molecule is CC(C)c1ccc(S(=O)(=O)Nc2cccc(Cl)c2Cl)cc1. The molecule has 3 nitrogen and oxygen atoms in total. The molecular formula is C15H15Cl2NO2S. The van der Waals surface area contributed by atoms with Gasteiger partial charge in [0.1, 0.15) is 0 Å². The fourth-order valence-corrected chi connectivity index (χ4v) is 3.29. The molecule has 2 aromatic rings. The molecule has 2 rings (SSSR count). The van der Waals surface area contributed by atoms with Crippen molar-refractivity contribution >= 4 is 38.9 Å². The summed E-state index contributed by atoms with van der Waals surface area (Å²) in [7, 11) is -3.69. The largest absolute Gasteiger partial charge is 0.278 e. The Hall–Kier alpha value is -1.23. The molecular weight excluding hydrogens is 329 g/mol. The highest BCUT2D eigenvalue weighted by atomic mass is 35.5. The molecule has 0 heterocycles. The van der Waals surface area contributed by atoms with Crippen molar-refractivity contribution in [2.24, 2.45) is 0 Å². The minimum Gasteiger partial charge on any atom is -0.278 e. The third kappa shape index (κ3) is 3.70. The van der Waals surface area contributed by atoms with Crippen molar-refractivity contribution in [1.29, 1.82) is 0 Å². The summed E-state index contributed by atoms with van der Waals surface area (Å²) in [6, 6.07) is 11.6. The van der Waals surface area contributed by atoms with Gasteiger partial charge in [-0.05, 0) is 35.7 Å². The summed E-state index contributed by atoms with van der Waals surface area (Å²) in [6.07, 6.45) is 0. The maximum Gasteiger partial charge on any atom is 0.261 e. The van der Waals surface area contributed by atoms with E-state index in [1.807, 2.05) is 13.8 Å². The Balaban J connectivity index is 2.32. The molecule has 0 aliphatic carbocycles. The van der Waals surface area contributed by atoms with E-state index in [1.54, 1.807) is 42.5 Å². The van der Waals surface area contributed by atoms with Gasteiger partial charge < -0.3 is 0 Å². The Morgan fingerprint density at radius 1 is 1.00 bits per heavy atom. The highest BCUT2D eigenvalue weighted by molar-refractivity contribution is 7.92. The minimum atomic E-state index is -3.69. The van der Waals surface area contributed by atoms with E-state index in [4.69, 9.17) is 23.2 Å². The van der Waals surface area contributed by atoms with Crippen LogP contribution in [-0.2, 0) is 10.0 Å². The van der Waals surface area contributed by atoms with Gasteiger partial charge in [-0.3, -0.25) is 4.72 Å². The number of halogens is 2. The zero-order valence-electron chi connectivity index (χ0n) is 11.6. The summed E-state index contributed by atoms with van der Waals surface area (Å²) in [5.74, 6) is 0.345. The van der Waals surface area contributed by atoms with Gasteiger partial charge in [-0.15, -0.1) is 0 Å². The Morgan fingerprint density at radius 2 is 1.62 bits per heavy atom. The number of hydrogen-bond acceptors (Lipinski definition) is 2. The van der Waals surface area contributed by atoms with E-state index in [2.05, 4.69) is 4.72 Å². The van der Waals surface area contributed by atoms with Crippen LogP contribution in [0.2, 0.25) is 10.0 Å². The number of sulfonamides is 1. The van der Waals surface area contributed by atoms with Gasteiger partial charge in [0.25, 0.3) is 10.0 Å². The van der Waals surface area contributed by atoms with Crippen molar-refractivity contribution in [3.05, 3.63) is 58.1 Å². The summed E-state index contributed by atoms with van der Waals surface area (Å²) in [5, 5.41) is 0.480. The predicted molar refractivity (Wildman–Crippen MR) is 87.8 cm³/mol. The molecule has 0 aromatic heterocycles. The Labute approximate surface area is 135 Å². The standard InChI is InChI=1S/C15H15Cl2NO2S/c1-10(2)11-6-8-12(9-7-11)21(19,20)18-14-5-3-4-13(16)15(14)17/h3-10,18H,1-2H3. The van der Waals surface area contributed by atoms with Gasteiger partial charge in [-0.1, -0.05) is 55.2 Å². The molecule has 0 spiro atoms. The number of hydrogen-bond donors (Lipinski definition) is 1. The van der Waals surface area contributed by atoms with Crippen LogP contribution in [0.3, 0.4) is 0 Å². The number of anilines is 1. The average molecular weight is 344 g/mol. The average Bonchev–Trinajstić information content (AvgIpc) is 2.44. The number of rotatable bonds is 4. The minimum absolute atomic E-state index is 0.182. The molecule has 6 heteroatoms. The monoisotopic (exact) mass is 343 g/mol. The first kappa shape index (κ1) is 16.1. The molecule has 0 bridgehead atoms. The van der Waals surface area contributed by atoms with E-state index >= 15 is 0 Å². The smallest absolute Gasteiger partial charge is 0.261 e. The van der Waals surface area contributed by atoms with Gasteiger partial charge in [0.2, 0.25) is 0 Å². The zero-order chi connectivity index (χ0) is 15.6. The molecule has 0 amide bonds. The second kappa shape index (κ2) is 6.26. The number of nitrogens with one attached hydrogen (secondary N) is 1. The maximum atomic E-state index is 12.3. The van der Waals surface area contributed by atoms with E-state index in [1.165, 1.54) is 0 Å². The third-order valence-corrected chi connectivity index (χ3v) is 5.25. The van der Waals surface area contributed by atoms with Gasteiger partial charge in [0.15, 0.2) is 0 Å². The topological polar surface area (TPSA) is 46.2 Å². The number of benzene rings is 2. The Morgan fingerprint density at radius 3 is 2.19 bits per heavy atom. The van der Waals surface area contributed by atoms with Crippen LogP contribution >= 0.6 is 23.2 Å². The van der Waals surface area contributed by atoms with Crippen LogP contribution in [0.1, 0.15) is 25.3 Å². The fraction of sp³-hybridized carbons (Fsp3) is 0.200. The van der Waals surface area contributed by atoms with Crippen LogP contribution in [-0.4, -0.2) is 8.42 Å². The van der Waals surface area contributed by atoms with Crippen molar-refractivity contribution < 1.29 is 8.42 Å². The maximum absolute atomic E-state index is 12.3. The first-order valence-electron chi connectivity index (χ1n) is 6.38. The quantitative estimate of drug-likeness (QED) is 0.856. The highest BCUT2D eigenvalue weighted by Crippen LogP contribution is 2.31. The molecule has 0 unspecified atom stereocenters. The van der Waals surface area contributed by atoms with Crippen LogP contribution in [0.25, 0.3) is 0 Å². The van der Waals surface area contributed by atoms with Gasteiger partial charge in [-0.2, -0.15) is 0 Å². The van der Waals surface area contributed by atoms with Crippen LogP contribution in [0.15, 0.2) is 47.4 Å². The molecule has 1 N–H and O–H groups in total. The lowest BCUT2D eigenvalue weighted by Crippen LogP contribution is -2.13. The van der Waals surface area contributed by atoms with Crippen molar-refractivity contribution in [3.63, 3.8) is 0 Å². The van der Waals surface area contributed by atoms with Crippen LogP contribution in [0.4, 0.5) is 5.69 Å². The second-order valence-electron chi connectivity index (χ2n) is 4.93. The second-order valence-corrected chi connectivity index (χ2v) is 7.40. The van der Waals surface area contributed by atoms with Crippen molar-refractivity contribution in [2.45, 2.75) is 24.7 Å². The molecule has 0 radical (unpaired) electrons. The van der Waals surface area contributed by atoms with Crippen molar-refractivity contribution in [1.82, 2.24) is 0 Å². The van der Waals surface area contributed by atoms with Crippen molar-refractivity contribution in [3.8, 4) is 0 Å². The molecule has 112 valence electrons. The lowest BCUT2D eigenvalue weighted by Gasteiger charge is -2.11. The fourth-order valence-electron chi connectivity index (χ4n) is 1.82. The Kier molecular flexibility index (Phi) is 4.81. The van der Waals surface area contributed by atoms with Gasteiger partial charge >= 0.3 is 0 Å². The lowest BCUT2D eigenvalue weighted by atomic mass is 10.0. The molecule has 0 aliphatic heterocycles.